The van der Waals surface area contributed by atoms with Crippen LogP contribution in [0, 0.1) is 5.92 Å². The first-order valence-corrected chi connectivity index (χ1v) is 15.4. The van der Waals surface area contributed by atoms with E-state index in [4.69, 9.17) is 14.5 Å². The third-order valence-electron chi connectivity index (χ3n) is 7.06. The van der Waals surface area contributed by atoms with Crippen molar-refractivity contribution in [3.63, 3.8) is 0 Å². The molecule has 0 spiro atoms. The van der Waals surface area contributed by atoms with Crippen LogP contribution in [-0.4, -0.2) is 29.1 Å². The minimum atomic E-state index is 0.0130. The summed E-state index contributed by atoms with van der Waals surface area (Å²) in [4.78, 5) is 21.3. The zero-order valence-electron chi connectivity index (χ0n) is 21.9. The van der Waals surface area contributed by atoms with Crippen LogP contribution in [0.1, 0.15) is 43.7 Å². The standard InChI is InChI=1S/C31H30Br2N2O3S/c1-20-8-6-7-11-26(20)35-30(36)28(39-31(35)34-24-9-4-3-5-10-24)18-22-16-25(33)29(27(17-22)37-2)38-19-21-12-14-23(32)15-13-21/h3-5,9-10,12-18,20,26H,6-8,11,19H2,1-2H3/b28-18-,34-31?/t20-,26-/m0/s1. The third-order valence-corrected chi connectivity index (χ3v) is 9.16. The Morgan fingerprint density at radius 2 is 1.79 bits per heavy atom. The number of benzene rings is 3. The summed E-state index contributed by atoms with van der Waals surface area (Å²) in [6, 6.07) is 21.9. The summed E-state index contributed by atoms with van der Waals surface area (Å²) in [7, 11) is 1.62. The first-order valence-electron chi connectivity index (χ1n) is 13.0. The van der Waals surface area contributed by atoms with E-state index in [0.29, 0.717) is 28.9 Å². The molecule has 0 bridgehead atoms. The summed E-state index contributed by atoms with van der Waals surface area (Å²) in [5.41, 5.74) is 2.75. The van der Waals surface area contributed by atoms with Crippen molar-refractivity contribution in [1.82, 2.24) is 4.90 Å². The van der Waals surface area contributed by atoms with E-state index in [2.05, 4.69) is 38.8 Å². The van der Waals surface area contributed by atoms with Gasteiger partial charge in [0.25, 0.3) is 5.91 Å². The molecule has 1 aliphatic carbocycles. The van der Waals surface area contributed by atoms with Gasteiger partial charge in [0.15, 0.2) is 16.7 Å². The highest BCUT2D eigenvalue weighted by molar-refractivity contribution is 9.10. The van der Waals surface area contributed by atoms with Crippen molar-refractivity contribution >= 4 is 66.5 Å². The molecule has 3 aromatic rings. The summed E-state index contributed by atoms with van der Waals surface area (Å²) < 4.78 is 13.6. The molecule has 1 heterocycles. The fourth-order valence-corrected chi connectivity index (χ4v) is 6.88. The molecule has 0 unspecified atom stereocenters. The van der Waals surface area contributed by atoms with Crippen molar-refractivity contribution in [1.29, 1.82) is 0 Å². The fraction of sp³-hybridized carbons (Fsp3) is 0.290. The van der Waals surface area contributed by atoms with Gasteiger partial charge in [-0.25, -0.2) is 4.99 Å². The van der Waals surface area contributed by atoms with Gasteiger partial charge in [0.1, 0.15) is 6.61 Å². The molecule has 2 aliphatic rings. The lowest BCUT2D eigenvalue weighted by Crippen LogP contribution is -2.44. The molecule has 3 aromatic carbocycles. The van der Waals surface area contributed by atoms with Crippen LogP contribution in [0.5, 0.6) is 11.5 Å². The zero-order chi connectivity index (χ0) is 27.4. The van der Waals surface area contributed by atoms with E-state index < -0.39 is 0 Å². The van der Waals surface area contributed by atoms with E-state index in [1.165, 1.54) is 18.2 Å². The van der Waals surface area contributed by atoms with E-state index in [0.717, 1.165) is 50.2 Å². The maximum absolute atomic E-state index is 13.8. The number of rotatable bonds is 7. The molecule has 39 heavy (non-hydrogen) atoms. The summed E-state index contributed by atoms with van der Waals surface area (Å²) >= 11 is 8.56. The Morgan fingerprint density at radius 3 is 2.51 bits per heavy atom. The molecule has 0 aromatic heterocycles. The Kier molecular flexibility index (Phi) is 9.15. The lowest BCUT2D eigenvalue weighted by atomic mass is 9.85. The van der Waals surface area contributed by atoms with Crippen LogP contribution < -0.4 is 9.47 Å². The highest BCUT2D eigenvalue weighted by Crippen LogP contribution is 2.42. The van der Waals surface area contributed by atoms with E-state index >= 15 is 0 Å². The number of carbonyl (C=O) groups is 1. The van der Waals surface area contributed by atoms with Gasteiger partial charge in [0, 0.05) is 10.5 Å². The fourth-order valence-electron chi connectivity index (χ4n) is 5.00. The molecular formula is C31H30Br2N2O3S. The topological polar surface area (TPSA) is 51.1 Å². The van der Waals surface area contributed by atoms with Gasteiger partial charge in [0.05, 0.1) is 22.2 Å². The van der Waals surface area contributed by atoms with Gasteiger partial charge in [-0.05, 0) is 100 Å². The van der Waals surface area contributed by atoms with Crippen LogP contribution in [0.4, 0.5) is 5.69 Å². The molecule has 1 saturated heterocycles. The Bertz CT molecular complexity index is 1390. The first kappa shape index (κ1) is 28.0. The summed E-state index contributed by atoms with van der Waals surface area (Å²) in [5, 5.41) is 0.747. The molecule has 1 saturated carbocycles. The highest BCUT2D eigenvalue weighted by atomic mass is 79.9. The molecule has 0 radical (unpaired) electrons. The molecule has 5 rings (SSSR count). The average Bonchev–Trinajstić information content (AvgIpc) is 3.23. The predicted octanol–water partition coefficient (Wildman–Crippen LogP) is 8.98. The Labute approximate surface area is 250 Å². The van der Waals surface area contributed by atoms with Gasteiger partial charge in [-0.15, -0.1) is 0 Å². The zero-order valence-corrected chi connectivity index (χ0v) is 25.9. The smallest absolute Gasteiger partial charge is 0.267 e. The second-order valence-electron chi connectivity index (χ2n) is 9.79. The molecular weight excluding hydrogens is 640 g/mol. The van der Waals surface area contributed by atoms with Crippen LogP contribution in [0.25, 0.3) is 6.08 Å². The number of methoxy groups -OCH3 is 1. The van der Waals surface area contributed by atoms with Crippen LogP contribution >= 0.6 is 43.6 Å². The highest BCUT2D eigenvalue weighted by Gasteiger charge is 2.41. The SMILES string of the molecule is COc1cc(/C=C2\SC(=Nc3ccccc3)N([C@H]3CCCC[C@@H]3C)C2=O)cc(Br)c1OCc1ccc(Br)cc1. The van der Waals surface area contributed by atoms with Crippen molar-refractivity contribution in [2.45, 2.75) is 45.3 Å². The van der Waals surface area contributed by atoms with Gasteiger partial charge in [0.2, 0.25) is 0 Å². The summed E-state index contributed by atoms with van der Waals surface area (Å²) in [5.74, 6) is 1.66. The van der Waals surface area contributed by atoms with E-state index in [1.54, 1.807) is 7.11 Å². The molecule has 2 fully saturated rings. The van der Waals surface area contributed by atoms with Gasteiger partial charge < -0.3 is 9.47 Å². The Balaban J connectivity index is 1.44. The second-order valence-corrected chi connectivity index (χ2v) is 12.6. The maximum Gasteiger partial charge on any atom is 0.267 e. The summed E-state index contributed by atoms with van der Waals surface area (Å²) in [6.07, 6.45) is 6.39. The number of carbonyl (C=O) groups excluding carboxylic acids is 1. The van der Waals surface area contributed by atoms with E-state index in [1.807, 2.05) is 77.7 Å². The number of nitrogens with zero attached hydrogens (tertiary/aromatic N) is 2. The van der Waals surface area contributed by atoms with Gasteiger partial charge in [-0.1, -0.05) is 66.0 Å². The third kappa shape index (κ3) is 6.61. The van der Waals surface area contributed by atoms with E-state index in [-0.39, 0.29) is 11.9 Å². The van der Waals surface area contributed by atoms with Crippen LogP contribution in [0.15, 0.2) is 85.6 Å². The molecule has 0 N–H and O–H groups in total. The number of amidine groups is 1. The molecule has 5 nitrogen and oxygen atoms in total. The molecule has 202 valence electrons. The Hall–Kier alpha value is -2.55. The van der Waals surface area contributed by atoms with Gasteiger partial charge >= 0.3 is 0 Å². The number of aliphatic imine (C=N–C) groups is 1. The van der Waals surface area contributed by atoms with Gasteiger partial charge in [-0.2, -0.15) is 0 Å². The molecule has 1 aliphatic heterocycles. The number of halogens is 2. The minimum Gasteiger partial charge on any atom is -0.493 e. The quantitative estimate of drug-likeness (QED) is 0.236. The van der Waals surface area contributed by atoms with Crippen molar-refractivity contribution in [2.75, 3.05) is 7.11 Å². The van der Waals surface area contributed by atoms with Gasteiger partial charge in [-0.3, -0.25) is 9.69 Å². The van der Waals surface area contributed by atoms with Crippen molar-refractivity contribution in [3.05, 3.63) is 91.7 Å². The van der Waals surface area contributed by atoms with Crippen LogP contribution in [-0.2, 0) is 11.4 Å². The van der Waals surface area contributed by atoms with Crippen LogP contribution in [0.2, 0.25) is 0 Å². The first-order chi connectivity index (χ1) is 18.9. The molecule has 8 heteroatoms. The van der Waals surface area contributed by atoms with Crippen LogP contribution in [0.3, 0.4) is 0 Å². The Morgan fingerprint density at radius 1 is 1.05 bits per heavy atom. The van der Waals surface area contributed by atoms with E-state index in [9.17, 15) is 4.79 Å². The average molecular weight is 670 g/mol. The normalized spacial score (nSPS) is 21.5. The lowest BCUT2D eigenvalue weighted by Gasteiger charge is -2.35. The second kappa shape index (κ2) is 12.7. The van der Waals surface area contributed by atoms with Crippen molar-refractivity contribution in [2.24, 2.45) is 10.9 Å². The predicted molar refractivity (Wildman–Crippen MR) is 167 cm³/mol. The minimum absolute atomic E-state index is 0.0130. The van der Waals surface area contributed by atoms with Crippen molar-refractivity contribution in [3.8, 4) is 11.5 Å². The van der Waals surface area contributed by atoms with Crippen molar-refractivity contribution < 1.29 is 14.3 Å². The molecule has 1 amide bonds. The number of hydrogen-bond donors (Lipinski definition) is 0. The monoisotopic (exact) mass is 668 g/mol. The maximum atomic E-state index is 13.8. The molecule has 2 atom stereocenters. The lowest BCUT2D eigenvalue weighted by molar-refractivity contribution is -0.124. The number of amides is 1. The number of ether oxygens (including phenoxy) is 2. The largest absolute Gasteiger partial charge is 0.493 e. The number of hydrogen-bond acceptors (Lipinski definition) is 5. The summed E-state index contributed by atoms with van der Waals surface area (Å²) in [6.45, 7) is 2.66. The number of para-hydroxylation sites is 1. The number of thioether (sulfide) groups is 1.